The number of hydroxylamine groups is 2. The molecule has 1 aliphatic rings. The lowest BCUT2D eigenvalue weighted by molar-refractivity contribution is -0.952. The van der Waals surface area contributed by atoms with Gasteiger partial charge in [0.05, 0.1) is 0 Å². The van der Waals surface area contributed by atoms with Crippen LogP contribution in [-0.2, 0) is 0 Å². The maximum Gasteiger partial charge on any atom is 0.203 e. The summed E-state index contributed by atoms with van der Waals surface area (Å²) >= 11 is 0.808. The Morgan fingerprint density at radius 1 is 1.75 bits per heavy atom. The van der Waals surface area contributed by atoms with Crippen molar-refractivity contribution < 1.29 is 9.42 Å². The fourth-order valence-electron chi connectivity index (χ4n) is 0.543. The quantitative estimate of drug-likeness (QED) is 0.285. The Labute approximate surface area is 51.9 Å². The van der Waals surface area contributed by atoms with E-state index < -0.39 is 4.21 Å². The maximum absolute atomic E-state index is 10.5. The van der Waals surface area contributed by atoms with Crippen LogP contribution in [0.1, 0.15) is 6.42 Å². The predicted octanol–water partition coefficient (Wildman–Crippen LogP) is 0.247. The first-order chi connectivity index (χ1) is 3.71. The molecule has 0 saturated carbocycles. The molecule has 0 spiro atoms. The minimum Gasteiger partial charge on any atom is -0.585 e. The summed E-state index contributed by atoms with van der Waals surface area (Å²) in [6, 6.07) is 0. The van der Waals surface area contributed by atoms with Crippen molar-refractivity contribution in [2.75, 3.05) is 13.1 Å². The van der Waals surface area contributed by atoms with Gasteiger partial charge in [-0.15, -0.1) is 4.21 Å². The molecule has 1 saturated heterocycles. The van der Waals surface area contributed by atoms with Gasteiger partial charge in [0.2, 0.25) is 12.1 Å². The second kappa shape index (κ2) is 2.20. The van der Waals surface area contributed by atoms with E-state index in [1.165, 1.54) is 0 Å². The van der Waals surface area contributed by atoms with Crippen molar-refractivity contribution in [3.05, 3.63) is 5.21 Å². The van der Waals surface area contributed by atoms with Crippen molar-refractivity contribution in [1.82, 2.24) is 4.72 Å². The minimum atomic E-state index is -1.19. The van der Waals surface area contributed by atoms with Gasteiger partial charge in [0.1, 0.15) is 6.54 Å². The summed E-state index contributed by atoms with van der Waals surface area (Å²) in [5.74, 6) is 0. The molecule has 0 aromatic heterocycles. The average Bonchev–Trinajstić information content (AvgIpc) is 1.65. The van der Waals surface area contributed by atoms with E-state index in [0.29, 0.717) is 0 Å². The van der Waals surface area contributed by atoms with Crippen LogP contribution >= 0.6 is 12.1 Å². The van der Waals surface area contributed by atoms with Gasteiger partial charge in [-0.2, -0.15) is 0 Å². The zero-order chi connectivity index (χ0) is 6.04. The molecule has 0 amide bonds. The smallest absolute Gasteiger partial charge is 0.203 e. The lowest BCUT2D eigenvalue weighted by atomic mass is 10.4. The van der Waals surface area contributed by atoms with Gasteiger partial charge < -0.3 is 5.21 Å². The Hall–Kier alpha value is 0.190. The highest BCUT2D eigenvalue weighted by Crippen LogP contribution is 2.17. The largest absolute Gasteiger partial charge is 0.585 e. The topological polar surface area (TPSA) is 55.3 Å². The number of hydrogen-bond donors (Lipinski definition) is 2. The van der Waals surface area contributed by atoms with Gasteiger partial charge in [0, 0.05) is 13.0 Å². The predicted molar refractivity (Wildman–Crippen MR) is 30.5 cm³/mol. The van der Waals surface area contributed by atoms with Crippen molar-refractivity contribution in [3.63, 3.8) is 0 Å². The lowest BCUT2D eigenvalue weighted by Crippen LogP contribution is -2.40. The van der Waals surface area contributed by atoms with Crippen LogP contribution in [0.3, 0.4) is 0 Å². The molecule has 4 nitrogen and oxygen atoms in total. The van der Waals surface area contributed by atoms with Crippen LogP contribution in [0, 0.1) is 5.21 Å². The molecule has 0 bridgehead atoms. The number of nitrogens with one attached hydrogen (secondary N) is 1. The summed E-state index contributed by atoms with van der Waals surface area (Å²) in [6.45, 7) is 1.10. The molecule has 1 heterocycles. The van der Waals surface area contributed by atoms with Gasteiger partial charge in [0.25, 0.3) is 0 Å². The highest BCUT2D eigenvalue weighted by molar-refractivity contribution is 7.91. The van der Waals surface area contributed by atoms with Gasteiger partial charge in [-0.1, -0.05) is 0 Å². The average molecular weight is 136 g/mol. The molecule has 0 radical (unpaired) electrons. The third kappa shape index (κ3) is 1.61. The molecule has 8 heavy (non-hydrogen) atoms. The third-order valence-electron chi connectivity index (χ3n) is 0.927. The molecule has 1 unspecified atom stereocenters. The summed E-state index contributed by atoms with van der Waals surface area (Å²) in [5, 5.41) is 19.2. The fraction of sp³-hybridized carbons (Fsp3) is 1.00. The molecule has 5 heteroatoms. The van der Waals surface area contributed by atoms with Crippen molar-refractivity contribution in [2.45, 2.75) is 6.42 Å². The normalized spacial score (nSPS) is 39.8. The highest BCUT2D eigenvalue weighted by atomic mass is 32.2. The van der Waals surface area contributed by atoms with Crippen LogP contribution in [0.5, 0.6) is 0 Å². The van der Waals surface area contributed by atoms with E-state index in [9.17, 15) is 5.21 Å². The van der Waals surface area contributed by atoms with Crippen molar-refractivity contribution >= 4 is 12.1 Å². The van der Waals surface area contributed by atoms with Crippen LogP contribution in [0.4, 0.5) is 0 Å². The Morgan fingerprint density at radius 3 is 2.75 bits per heavy atom. The molecule has 1 fully saturated rings. The maximum atomic E-state index is 10.5. The van der Waals surface area contributed by atoms with E-state index in [0.717, 1.165) is 25.1 Å². The van der Waals surface area contributed by atoms with Gasteiger partial charge >= 0.3 is 0 Å². The van der Waals surface area contributed by atoms with E-state index in [1.54, 1.807) is 0 Å². The zero-order valence-electron chi connectivity index (χ0n) is 4.33. The number of rotatable bonds is 0. The first kappa shape index (κ1) is 6.31. The van der Waals surface area contributed by atoms with E-state index >= 15 is 0 Å². The van der Waals surface area contributed by atoms with Crippen LogP contribution < -0.4 is 4.72 Å². The Kier molecular flexibility index (Phi) is 1.74. The van der Waals surface area contributed by atoms with Crippen LogP contribution in [-0.4, -0.2) is 22.5 Å². The molecule has 0 aromatic carbocycles. The first-order valence-corrected chi connectivity index (χ1v) is 3.21. The molecule has 0 aliphatic carbocycles. The van der Waals surface area contributed by atoms with Crippen molar-refractivity contribution in [3.8, 4) is 0 Å². The number of nitrogens with zero attached hydrogens (tertiary/aromatic N) is 1. The van der Waals surface area contributed by atoms with E-state index in [-0.39, 0.29) is 6.54 Å². The summed E-state index contributed by atoms with van der Waals surface area (Å²) in [4.78, 5) is 0. The zero-order valence-corrected chi connectivity index (χ0v) is 5.15. The van der Waals surface area contributed by atoms with Gasteiger partial charge in [-0.05, 0) is 0 Å². The lowest BCUT2D eigenvalue weighted by Gasteiger charge is -2.32. The van der Waals surface area contributed by atoms with Crippen molar-refractivity contribution in [1.29, 1.82) is 0 Å². The van der Waals surface area contributed by atoms with Crippen LogP contribution in [0.2, 0.25) is 0 Å². The second-order valence-corrected chi connectivity index (χ2v) is 2.74. The van der Waals surface area contributed by atoms with E-state index in [2.05, 4.69) is 4.72 Å². The van der Waals surface area contributed by atoms with Gasteiger partial charge in [0.15, 0.2) is 0 Å². The summed E-state index contributed by atoms with van der Waals surface area (Å²) in [5.41, 5.74) is 0. The van der Waals surface area contributed by atoms with Gasteiger partial charge in [-0.3, -0.25) is 0 Å². The molecular formula is C3H8N2O2S. The Bertz CT molecular complexity index is 79.4. The molecule has 2 N–H and O–H groups in total. The van der Waals surface area contributed by atoms with E-state index in [4.69, 9.17) is 5.21 Å². The van der Waals surface area contributed by atoms with Crippen molar-refractivity contribution in [2.24, 2.45) is 0 Å². The third-order valence-corrected chi connectivity index (χ3v) is 1.73. The molecule has 1 atom stereocenters. The summed E-state index contributed by atoms with van der Waals surface area (Å²) in [7, 11) is 0. The fourth-order valence-corrected chi connectivity index (χ4v) is 1.20. The number of hydrogen-bond acceptors (Lipinski definition) is 4. The first-order valence-electron chi connectivity index (χ1n) is 2.44. The molecule has 1 aliphatic heterocycles. The van der Waals surface area contributed by atoms with E-state index in [1.807, 2.05) is 0 Å². The molecule has 0 aromatic rings. The van der Waals surface area contributed by atoms with Gasteiger partial charge in [-0.25, -0.2) is 9.93 Å². The van der Waals surface area contributed by atoms with Crippen LogP contribution in [0.15, 0.2) is 0 Å². The molecule has 1 rings (SSSR count). The Morgan fingerprint density at radius 2 is 2.50 bits per heavy atom. The summed E-state index contributed by atoms with van der Waals surface area (Å²) in [6.07, 6.45) is 0.743. The minimum absolute atomic E-state index is 0.289. The highest BCUT2D eigenvalue weighted by Gasteiger charge is 2.19. The second-order valence-electron chi connectivity index (χ2n) is 1.70. The standard InChI is InChI=1S/C3H8N2O2S/c6-5(7)3-1-2-4-8-5/h4,6H,1-3H2. The molecule has 48 valence electrons. The number of quaternary nitrogens is 1. The monoisotopic (exact) mass is 136 g/mol. The molecular weight excluding hydrogens is 128 g/mol. The van der Waals surface area contributed by atoms with Crippen LogP contribution in [0.25, 0.3) is 0 Å². The Balaban J connectivity index is 2.33. The SMILES string of the molecule is [O-][N+]1(O)CCCNS1. The summed E-state index contributed by atoms with van der Waals surface area (Å²) < 4.78 is 1.51.